The van der Waals surface area contributed by atoms with Gasteiger partial charge in [0.2, 0.25) is 0 Å². The van der Waals surface area contributed by atoms with Crippen LogP contribution in [-0.4, -0.2) is 0 Å². The van der Waals surface area contributed by atoms with E-state index in [1.165, 1.54) is 0 Å². The number of hydrogen-bond donors (Lipinski definition) is 1. The molecule has 1 aromatic heterocycles. The van der Waals surface area contributed by atoms with Gasteiger partial charge in [-0.2, -0.15) is 0 Å². The van der Waals surface area contributed by atoms with Crippen LogP contribution in [-0.2, 0) is 5.88 Å². The van der Waals surface area contributed by atoms with E-state index < -0.39 is 0 Å². The summed E-state index contributed by atoms with van der Waals surface area (Å²) in [5.41, 5.74) is 7.55. The summed E-state index contributed by atoms with van der Waals surface area (Å²) in [5, 5.41) is 3.62. The molecule has 1 heterocycles. The second-order valence-corrected chi connectivity index (χ2v) is 4.31. The molecule has 0 saturated heterocycles. The number of rotatable bonds is 1. The van der Waals surface area contributed by atoms with Crippen molar-refractivity contribution in [1.29, 1.82) is 0 Å². The highest BCUT2D eigenvalue weighted by molar-refractivity contribution is 7.17. The van der Waals surface area contributed by atoms with Gasteiger partial charge in [-0.25, -0.2) is 0 Å². The zero-order chi connectivity index (χ0) is 9.42. The highest BCUT2D eigenvalue weighted by Crippen LogP contribution is 2.35. The molecule has 0 aliphatic carbocycles. The van der Waals surface area contributed by atoms with Crippen LogP contribution in [0.5, 0.6) is 0 Å². The molecule has 2 rings (SSSR count). The quantitative estimate of drug-likeness (QED) is 0.586. The van der Waals surface area contributed by atoms with Gasteiger partial charge in [0.05, 0.1) is 10.7 Å². The van der Waals surface area contributed by atoms with E-state index in [2.05, 4.69) is 0 Å². The topological polar surface area (TPSA) is 26.0 Å². The van der Waals surface area contributed by atoms with Crippen molar-refractivity contribution in [1.82, 2.24) is 0 Å². The largest absolute Gasteiger partial charge is 0.397 e. The molecule has 2 aromatic rings. The summed E-state index contributed by atoms with van der Waals surface area (Å²) in [6.45, 7) is 0. The zero-order valence-corrected chi connectivity index (χ0v) is 9.01. The number of fused-ring (bicyclic) bond motifs is 1. The Labute approximate surface area is 90.1 Å². The molecule has 2 N–H and O–H groups in total. The Morgan fingerprint density at radius 3 is 2.85 bits per heavy atom. The molecule has 4 heteroatoms. The first-order chi connectivity index (χ1) is 6.24. The predicted molar refractivity (Wildman–Crippen MR) is 60.8 cm³/mol. The van der Waals surface area contributed by atoms with E-state index in [0.717, 1.165) is 15.6 Å². The lowest BCUT2D eigenvalue weighted by molar-refractivity contribution is 1.50. The molecule has 0 amide bonds. The minimum Gasteiger partial charge on any atom is -0.397 e. The summed E-state index contributed by atoms with van der Waals surface area (Å²) in [6, 6.07) is 3.78. The fourth-order valence-corrected chi connectivity index (χ4v) is 2.73. The van der Waals surface area contributed by atoms with E-state index in [1.807, 2.05) is 17.5 Å². The number of anilines is 1. The maximum atomic E-state index is 5.91. The van der Waals surface area contributed by atoms with Crippen molar-refractivity contribution in [2.24, 2.45) is 0 Å². The van der Waals surface area contributed by atoms with Crippen molar-refractivity contribution in [3.05, 3.63) is 28.1 Å². The predicted octanol–water partition coefficient (Wildman–Crippen LogP) is 3.88. The third-order valence-electron chi connectivity index (χ3n) is 1.95. The van der Waals surface area contributed by atoms with E-state index in [4.69, 9.17) is 28.9 Å². The smallest absolute Gasteiger partial charge is 0.0642 e. The third-order valence-corrected chi connectivity index (χ3v) is 3.56. The average Bonchev–Trinajstić information content (AvgIpc) is 2.55. The Morgan fingerprint density at radius 2 is 2.15 bits per heavy atom. The van der Waals surface area contributed by atoms with Gasteiger partial charge in [0.1, 0.15) is 0 Å². The van der Waals surface area contributed by atoms with Gasteiger partial charge in [-0.3, -0.25) is 0 Å². The van der Waals surface area contributed by atoms with Gasteiger partial charge in [-0.05, 0) is 23.1 Å². The lowest BCUT2D eigenvalue weighted by Gasteiger charge is -2.01. The summed E-state index contributed by atoms with van der Waals surface area (Å²) < 4.78 is 1.14. The first-order valence-corrected chi connectivity index (χ1v) is 5.53. The number of thiophene rings is 1. The van der Waals surface area contributed by atoms with Crippen LogP contribution in [0.25, 0.3) is 10.1 Å². The molecular formula is C9H7Cl2NS. The minimum atomic E-state index is 0.477. The number of alkyl halides is 1. The van der Waals surface area contributed by atoms with Crippen LogP contribution in [0.1, 0.15) is 5.56 Å². The van der Waals surface area contributed by atoms with Crippen LogP contribution in [0.15, 0.2) is 17.5 Å². The third kappa shape index (κ3) is 1.39. The number of hydrogen-bond acceptors (Lipinski definition) is 2. The zero-order valence-electron chi connectivity index (χ0n) is 6.68. The van der Waals surface area contributed by atoms with Crippen molar-refractivity contribution in [3.63, 3.8) is 0 Å². The molecular weight excluding hydrogens is 225 g/mol. The molecule has 0 atom stereocenters. The van der Waals surface area contributed by atoms with Gasteiger partial charge in [0.25, 0.3) is 0 Å². The van der Waals surface area contributed by atoms with Gasteiger partial charge >= 0.3 is 0 Å². The Balaban J connectivity index is 2.85. The van der Waals surface area contributed by atoms with E-state index in [1.54, 1.807) is 11.3 Å². The summed E-state index contributed by atoms with van der Waals surface area (Å²) >= 11 is 13.3. The molecule has 0 saturated carbocycles. The second-order valence-electron chi connectivity index (χ2n) is 2.73. The lowest BCUT2D eigenvalue weighted by Crippen LogP contribution is -1.88. The van der Waals surface area contributed by atoms with E-state index in [-0.39, 0.29) is 0 Å². The molecule has 0 radical (unpaired) electrons. The Morgan fingerprint density at radius 1 is 1.38 bits per heavy atom. The highest BCUT2D eigenvalue weighted by atomic mass is 35.5. The van der Waals surface area contributed by atoms with Crippen LogP contribution in [0.3, 0.4) is 0 Å². The van der Waals surface area contributed by atoms with Gasteiger partial charge < -0.3 is 5.73 Å². The number of nitrogen functional groups attached to an aromatic ring is 1. The standard InChI is InChI=1S/C9H7Cl2NS/c10-3-5-4-13-7-2-1-6(11)9(12)8(5)7/h1-2,4H,3,12H2. The Hall–Kier alpha value is -0.440. The maximum absolute atomic E-state index is 5.91. The average molecular weight is 232 g/mol. The maximum Gasteiger partial charge on any atom is 0.0642 e. The van der Waals surface area contributed by atoms with Crippen molar-refractivity contribution < 1.29 is 0 Å². The van der Waals surface area contributed by atoms with E-state index in [9.17, 15) is 0 Å². The van der Waals surface area contributed by atoms with Gasteiger partial charge in [-0.1, -0.05) is 11.6 Å². The van der Waals surface area contributed by atoms with E-state index in [0.29, 0.717) is 16.6 Å². The number of halogens is 2. The molecule has 68 valence electrons. The molecule has 1 aromatic carbocycles. The summed E-state index contributed by atoms with van der Waals surface area (Å²) in [4.78, 5) is 0. The summed E-state index contributed by atoms with van der Waals surface area (Å²) in [5.74, 6) is 0.477. The van der Waals surface area contributed by atoms with Gasteiger partial charge in [0, 0.05) is 16.0 Å². The first-order valence-electron chi connectivity index (χ1n) is 3.74. The molecule has 0 unspecified atom stereocenters. The fourth-order valence-electron chi connectivity index (χ4n) is 1.30. The monoisotopic (exact) mass is 231 g/mol. The molecule has 0 fully saturated rings. The van der Waals surface area contributed by atoms with Crippen LogP contribution in [0.2, 0.25) is 5.02 Å². The second kappa shape index (κ2) is 3.37. The van der Waals surface area contributed by atoms with Crippen LogP contribution in [0, 0.1) is 0 Å². The Bertz CT molecular complexity index is 450. The molecule has 0 aliphatic heterocycles. The number of nitrogens with two attached hydrogens (primary N) is 1. The highest BCUT2D eigenvalue weighted by Gasteiger charge is 2.08. The van der Waals surface area contributed by atoms with Crippen molar-refractivity contribution in [2.45, 2.75) is 5.88 Å². The molecule has 0 aliphatic rings. The Kier molecular flexibility index (Phi) is 2.37. The van der Waals surface area contributed by atoms with Crippen LogP contribution >= 0.6 is 34.5 Å². The summed E-state index contributed by atoms with van der Waals surface area (Å²) in [6.07, 6.45) is 0. The molecule has 0 spiro atoms. The van der Waals surface area contributed by atoms with E-state index >= 15 is 0 Å². The van der Waals surface area contributed by atoms with Crippen molar-refractivity contribution in [3.8, 4) is 0 Å². The van der Waals surface area contributed by atoms with Gasteiger partial charge in [0.15, 0.2) is 0 Å². The van der Waals surface area contributed by atoms with Crippen molar-refractivity contribution >= 4 is 50.3 Å². The van der Waals surface area contributed by atoms with Crippen LogP contribution in [0.4, 0.5) is 5.69 Å². The SMILES string of the molecule is Nc1c(Cl)ccc2scc(CCl)c12. The number of benzene rings is 1. The fraction of sp³-hybridized carbons (Fsp3) is 0.111. The van der Waals surface area contributed by atoms with Crippen LogP contribution < -0.4 is 5.73 Å². The van der Waals surface area contributed by atoms with Gasteiger partial charge in [-0.15, -0.1) is 22.9 Å². The minimum absolute atomic E-state index is 0.477. The van der Waals surface area contributed by atoms with Crippen molar-refractivity contribution in [2.75, 3.05) is 5.73 Å². The molecule has 13 heavy (non-hydrogen) atoms. The summed E-state index contributed by atoms with van der Waals surface area (Å²) in [7, 11) is 0. The molecule has 0 bridgehead atoms. The normalized spacial score (nSPS) is 10.9. The first kappa shape index (κ1) is 9.13. The molecule has 1 nitrogen and oxygen atoms in total. The lowest BCUT2D eigenvalue weighted by atomic mass is 10.1.